The SMILES string of the molecule is Cc1c(C(=O)Nc2nc3cc(N(C)C(=O)c4ccccc4)ccc3n2CCC(N)=O)cnn1-c1ccccc1. The van der Waals surface area contributed by atoms with Gasteiger partial charge in [-0.25, -0.2) is 9.67 Å². The second kappa shape index (κ2) is 10.6. The van der Waals surface area contributed by atoms with E-state index in [4.69, 9.17) is 5.73 Å². The lowest BCUT2D eigenvalue weighted by atomic mass is 10.2. The van der Waals surface area contributed by atoms with Gasteiger partial charge in [-0.15, -0.1) is 0 Å². The normalized spacial score (nSPS) is 10.9. The maximum atomic E-state index is 13.3. The van der Waals surface area contributed by atoms with E-state index < -0.39 is 5.91 Å². The fraction of sp³-hybridized carbons (Fsp3) is 0.138. The average Bonchev–Trinajstić information content (AvgIpc) is 3.51. The molecular formula is C29H27N7O3. The van der Waals surface area contributed by atoms with Crippen LogP contribution in [0.4, 0.5) is 11.6 Å². The molecule has 10 nitrogen and oxygen atoms in total. The Balaban J connectivity index is 1.47. The van der Waals surface area contributed by atoms with Crippen molar-refractivity contribution in [2.24, 2.45) is 5.73 Å². The lowest BCUT2D eigenvalue weighted by Gasteiger charge is -2.17. The van der Waals surface area contributed by atoms with Crippen molar-refractivity contribution >= 4 is 40.4 Å². The summed E-state index contributed by atoms with van der Waals surface area (Å²) >= 11 is 0. The number of hydrogen-bond donors (Lipinski definition) is 2. The summed E-state index contributed by atoms with van der Waals surface area (Å²) in [5.74, 6) is -0.763. The second-order valence-corrected chi connectivity index (χ2v) is 9.05. The van der Waals surface area contributed by atoms with Gasteiger partial charge in [0.15, 0.2) is 0 Å². The number of primary amides is 1. The Kier molecular flexibility index (Phi) is 6.92. The van der Waals surface area contributed by atoms with Crippen molar-refractivity contribution in [2.45, 2.75) is 19.9 Å². The van der Waals surface area contributed by atoms with Gasteiger partial charge in [0.1, 0.15) is 0 Å². The topological polar surface area (TPSA) is 128 Å². The number of amides is 3. The summed E-state index contributed by atoms with van der Waals surface area (Å²) in [4.78, 5) is 44.0. The highest BCUT2D eigenvalue weighted by Crippen LogP contribution is 2.27. The number of aromatic nitrogens is 4. The zero-order valence-corrected chi connectivity index (χ0v) is 21.5. The van der Waals surface area contributed by atoms with Crippen molar-refractivity contribution in [2.75, 3.05) is 17.3 Å². The van der Waals surface area contributed by atoms with Gasteiger partial charge in [0.2, 0.25) is 11.9 Å². The molecule has 2 heterocycles. The van der Waals surface area contributed by atoms with Crippen molar-refractivity contribution in [1.82, 2.24) is 19.3 Å². The van der Waals surface area contributed by atoms with Crippen LogP contribution in [-0.4, -0.2) is 44.1 Å². The third-order valence-corrected chi connectivity index (χ3v) is 6.51. The molecule has 0 fully saturated rings. The predicted molar refractivity (Wildman–Crippen MR) is 149 cm³/mol. The number of hydrogen-bond acceptors (Lipinski definition) is 5. The summed E-state index contributed by atoms with van der Waals surface area (Å²) in [5, 5.41) is 7.25. The minimum absolute atomic E-state index is 0.0629. The number of carbonyl (C=O) groups is 3. The van der Waals surface area contributed by atoms with Gasteiger partial charge in [0.25, 0.3) is 11.8 Å². The molecule has 5 rings (SSSR count). The summed E-state index contributed by atoms with van der Waals surface area (Å²) in [6.07, 6.45) is 1.57. The number of imidazole rings is 1. The first-order valence-corrected chi connectivity index (χ1v) is 12.4. The maximum Gasteiger partial charge on any atom is 0.261 e. The van der Waals surface area contributed by atoms with Gasteiger partial charge in [0.05, 0.1) is 34.2 Å². The number of carbonyl (C=O) groups excluding carboxylic acids is 3. The van der Waals surface area contributed by atoms with E-state index in [-0.39, 0.29) is 30.7 Å². The summed E-state index contributed by atoms with van der Waals surface area (Å²) in [5.41, 5.74) is 9.74. The third kappa shape index (κ3) is 5.12. The van der Waals surface area contributed by atoms with Crippen LogP contribution < -0.4 is 16.0 Å². The van der Waals surface area contributed by atoms with Crippen molar-refractivity contribution in [1.29, 1.82) is 0 Å². The van der Waals surface area contributed by atoms with Crippen LogP contribution in [0, 0.1) is 6.92 Å². The van der Waals surface area contributed by atoms with Crippen LogP contribution in [0.2, 0.25) is 0 Å². The Labute approximate surface area is 224 Å². The number of nitrogens with zero attached hydrogens (tertiary/aromatic N) is 5. The number of fused-ring (bicyclic) bond motifs is 1. The van der Waals surface area contributed by atoms with E-state index in [1.807, 2.05) is 61.5 Å². The van der Waals surface area contributed by atoms with Crippen molar-refractivity contribution in [3.63, 3.8) is 0 Å². The number of nitrogens with two attached hydrogens (primary N) is 1. The van der Waals surface area contributed by atoms with Crippen molar-refractivity contribution in [3.05, 3.63) is 102 Å². The standard InChI is InChI=1S/C29H27N7O3/c1-19-23(18-31-36(19)21-11-7-4-8-12-21)27(38)33-29-32-24-17-22(13-14-25(24)35(29)16-15-26(30)37)34(2)28(39)20-9-5-3-6-10-20/h3-14,17-18H,15-16H2,1-2H3,(H2,30,37)(H,32,33,38). The molecule has 0 radical (unpaired) electrons. The first-order valence-electron chi connectivity index (χ1n) is 12.4. The first-order chi connectivity index (χ1) is 18.8. The zero-order chi connectivity index (χ0) is 27.5. The fourth-order valence-corrected chi connectivity index (χ4v) is 4.39. The average molecular weight is 522 g/mol. The predicted octanol–water partition coefficient (Wildman–Crippen LogP) is 3.93. The molecule has 10 heteroatoms. The van der Waals surface area contributed by atoms with E-state index in [9.17, 15) is 14.4 Å². The van der Waals surface area contributed by atoms with Crippen LogP contribution in [0.15, 0.2) is 85.1 Å². The minimum Gasteiger partial charge on any atom is -0.370 e. The second-order valence-electron chi connectivity index (χ2n) is 9.05. The summed E-state index contributed by atoms with van der Waals surface area (Å²) < 4.78 is 3.43. The molecular weight excluding hydrogens is 494 g/mol. The van der Waals surface area contributed by atoms with Crippen LogP contribution in [-0.2, 0) is 11.3 Å². The summed E-state index contributed by atoms with van der Waals surface area (Å²) in [6, 6.07) is 23.9. The van der Waals surface area contributed by atoms with Gasteiger partial charge in [-0.2, -0.15) is 5.10 Å². The largest absolute Gasteiger partial charge is 0.370 e. The molecule has 0 aliphatic carbocycles. The molecule has 39 heavy (non-hydrogen) atoms. The minimum atomic E-state index is -0.473. The molecule has 3 N–H and O–H groups in total. The van der Waals surface area contributed by atoms with Crippen LogP contribution in [0.25, 0.3) is 16.7 Å². The van der Waals surface area contributed by atoms with Gasteiger partial charge >= 0.3 is 0 Å². The van der Waals surface area contributed by atoms with E-state index in [1.165, 1.54) is 11.1 Å². The van der Waals surface area contributed by atoms with E-state index in [1.54, 1.807) is 40.6 Å². The Hall–Kier alpha value is -5.25. The monoisotopic (exact) mass is 521 g/mol. The van der Waals surface area contributed by atoms with Crippen LogP contribution >= 0.6 is 0 Å². The molecule has 0 aliphatic rings. The lowest BCUT2D eigenvalue weighted by molar-refractivity contribution is -0.118. The van der Waals surface area contributed by atoms with Gasteiger partial charge in [-0.3, -0.25) is 19.7 Å². The highest BCUT2D eigenvalue weighted by molar-refractivity contribution is 6.07. The molecule has 196 valence electrons. The van der Waals surface area contributed by atoms with Gasteiger partial charge < -0.3 is 15.2 Å². The number of anilines is 2. The molecule has 3 amide bonds. The maximum absolute atomic E-state index is 13.3. The number of para-hydroxylation sites is 1. The Morgan fingerprint density at radius 2 is 1.67 bits per heavy atom. The quantitative estimate of drug-likeness (QED) is 0.320. The lowest BCUT2D eigenvalue weighted by Crippen LogP contribution is -2.26. The Bertz CT molecular complexity index is 1670. The molecule has 0 unspecified atom stereocenters. The van der Waals surface area contributed by atoms with E-state index in [0.717, 1.165) is 5.69 Å². The molecule has 0 aliphatic heterocycles. The summed E-state index contributed by atoms with van der Waals surface area (Å²) in [6.45, 7) is 2.04. The highest BCUT2D eigenvalue weighted by Gasteiger charge is 2.21. The van der Waals surface area contributed by atoms with E-state index >= 15 is 0 Å². The van der Waals surface area contributed by atoms with Crippen molar-refractivity contribution < 1.29 is 14.4 Å². The Morgan fingerprint density at radius 1 is 0.974 bits per heavy atom. The fourth-order valence-electron chi connectivity index (χ4n) is 4.39. The van der Waals surface area contributed by atoms with E-state index in [0.29, 0.717) is 33.5 Å². The molecule has 0 bridgehead atoms. The number of aryl methyl sites for hydroxylation is 1. The van der Waals surface area contributed by atoms with Crippen molar-refractivity contribution in [3.8, 4) is 5.69 Å². The molecule has 5 aromatic rings. The Morgan fingerprint density at radius 3 is 2.36 bits per heavy atom. The summed E-state index contributed by atoms with van der Waals surface area (Å²) in [7, 11) is 1.69. The van der Waals surface area contributed by atoms with E-state index in [2.05, 4.69) is 15.4 Å². The molecule has 0 saturated carbocycles. The first kappa shape index (κ1) is 25.4. The number of nitrogens with one attached hydrogen (secondary N) is 1. The van der Waals surface area contributed by atoms with Gasteiger partial charge in [-0.05, 0) is 49.4 Å². The number of benzene rings is 3. The molecule has 0 atom stereocenters. The molecule has 0 saturated heterocycles. The van der Waals surface area contributed by atoms with Crippen LogP contribution in [0.1, 0.15) is 32.8 Å². The van der Waals surface area contributed by atoms with Gasteiger partial charge in [-0.1, -0.05) is 36.4 Å². The molecule has 3 aromatic carbocycles. The highest BCUT2D eigenvalue weighted by atomic mass is 16.2. The zero-order valence-electron chi connectivity index (χ0n) is 21.5. The van der Waals surface area contributed by atoms with Crippen LogP contribution in [0.5, 0.6) is 0 Å². The smallest absolute Gasteiger partial charge is 0.261 e. The number of rotatable bonds is 8. The van der Waals surface area contributed by atoms with Gasteiger partial charge in [0, 0.05) is 31.3 Å². The molecule has 2 aromatic heterocycles. The molecule has 0 spiro atoms. The third-order valence-electron chi connectivity index (χ3n) is 6.51. The van der Waals surface area contributed by atoms with Crippen LogP contribution in [0.3, 0.4) is 0 Å².